The predicted molar refractivity (Wildman–Crippen MR) is 117 cm³/mol. The van der Waals surface area contributed by atoms with Crippen LogP contribution in [0.5, 0.6) is 11.5 Å². The van der Waals surface area contributed by atoms with Crippen LogP contribution >= 0.6 is 31.9 Å². The molecule has 6 heteroatoms. The van der Waals surface area contributed by atoms with Gasteiger partial charge in [-0.1, -0.05) is 50.1 Å². The van der Waals surface area contributed by atoms with E-state index in [2.05, 4.69) is 31.9 Å². The van der Waals surface area contributed by atoms with E-state index >= 15 is 0 Å². The zero-order chi connectivity index (χ0) is 20.5. The molecule has 4 nitrogen and oxygen atoms in total. The highest BCUT2D eigenvalue weighted by Gasteiger charge is 2.30. The maximum Gasteiger partial charge on any atom is 0.343 e. The van der Waals surface area contributed by atoms with E-state index in [1.807, 2.05) is 24.3 Å². The van der Waals surface area contributed by atoms with E-state index < -0.39 is 5.97 Å². The number of hydrogen-bond acceptors (Lipinski definition) is 4. The molecule has 3 aromatic rings. The Morgan fingerprint density at radius 2 is 1.72 bits per heavy atom. The normalized spacial score (nSPS) is 13.9. The second-order valence-corrected chi connectivity index (χ2v) is 8.19. The van der Waals surface area contributed by atoms with Gasteiger partial charge in [-0.25, -0.2) is 4.79 Å². The van der Waals surface area contributed by atoms with E-state index in [4.69, 9.17) is 9.47 Å². The topological polar surface area (TPSA) is 52.6 Å². The minimum atomic E-state index is -0.478. The first-order valence-corrected chi connectivity index (χ1v) is 10.3. The Kier molecular flexibility index (Phi) is 5.39. The van der Waals surface area contributed by atoms with Gasteiger partial charge in [0, 0.05) is 14.5 Å². The van der Waals surface area contributed by atoms with Gasteiger partial charge in [0.1, 0.15) is 11.5 Å². The number of ether oxygens (including phenoxy) is 2. The fourth-order valence-corrected chi connectivity index (χ4v) is 3.62. The van der Waals surface area contributed by atoms with Crippen molar-refractivity contribution >= 4 is 49.7 Å². The summed E-state index contributed by atoms with van der Waals surface area (Å²) in [6.45, 7) is 1.76. The lowest BCUT2D eigenvalue weighted by atomic mass is 10.1. The standard InChI is InChI=1S/C23H14Br2O4/c1-13-19(29-23(27)14-6-8-16(24)9-7-14)11-10-17-21(26)20(28-22(13)17)12-15-4-2-3-5-18(15)25/h2-12H,1H3/b20-12-. The smallest absolute Gasteiger partial charge is 0.343 e. The van der Waals surface area contributed by atoms with E-state index in [1.165, 1.54) is 0 Å². The Labute approximate surface area is 184 Å². The molecule has 4 rings (SSSR count). The van der Waals surface area contributed by atoms with E-state index in [9.17, 15) is 9.59 Å². The summed E-state index contributed by atoms with van der Waals surface area (Å²) in [5, 5.41) is 0. The van der Waals surface area contributed by atoms with Crippen LogP contribution in [0.3, 0.4) is 0 Å². The van der Waals surface area contributed by atoms with Crippen molar-refractivity contribution in [1.29, 1.82) is 0 Å². The monoisotopic (exact) mass is 512 g/mol. The molecule has 0 amide bonds. The van der Waals surface area contributed by atoms with Crippen molar-refractivity contribution in [3.8, 4) is 11.5 Å². The van der Waals surface area contributed by atoms with Gasteiger partial charge in [0.15, 0.2) is 5.76 Å². The van der Waals surface area contributed by atoms with Crippen LogP contribution in [-0.4, -0.2) is 11.8 Å². The zero-order valence-corrected chi connectivity index (χ0v) is 18.4. The number of allylic oxidation sites excluding steroid dienone is 1. The molecule has 29 heavy (non-hydrogen) atoms. The highest BCUT2D eigenvalue weighted by molar-refractivity contribution is 9.10. The van der Waals surface area contributed by atoms with Gasteiger partial charge < -0.3 is 9.47 Å². The molecule has 0 radical (unpaired) electrons. The van der Waals surface area contributed by atoms with Gasteiger partial charge in [0.05, 0.1) is 11.1 Å². The molecule has 1 heterocycles. The molecule has 0 saturated carbocycles. The van der Waals surface area contributed by atoms with Crippen molar-refractivity contribution < 1.29 is 19.1 Å². The summed E-state index contributed by atoms with van der Waals surface area (Å²) in [6, 6.07) is 17.7. The summed E-state index contributed by atoms with van der Waals surface area (Å²) < 4.78 is 13.1. The minimum Gasteiger partial charge on any atom is -0.452 e. The minimum absolute atomic E-state index is 0.204. The first-order chi connectivity index (χ1) is 13.9. The number of benzene rings is 3. The maximum atomic E-state index is 12.7. The van der Waals surface area contributed by atoms with Gasteiger partial charge in [-0.15, -0.1) is 0 Å². The number of Topliss-reactive ketones (excluding diaryl/α,β-unsaturated/α-hetero) is 1. The number of fused-ring (bicyclic) bond motifs is 1. The maximum absolute atomic E-state index is 12.7. The fourth-order valence-electron chi connectivity index (χ4n) is 2.96. The number of rotatable bonds is 3. The lowest BCUT2D eigenvalue weighted by Gasteiger charge is -2.10. The Balaban J connectivity index is 1.62. The van der Waals surface area contributed by atoms with Gasteiger partial charge in [0.25, 0.3) is 0 Å². The molecule has 0 atom stereocenters. The average Bonchev–Trinajstić information content (AvgIpc) is 3.03. The van der Waals surface area contributed by atoms with Crippen LogP contribution in [0.4, 0.5) is 0 Å². The molecule has 3 aromatic carbocycles. The number of carbonyl (C=O) groups excluding carboxylic acids is 2. The van der Waals surface area contributed by atoms with E-state index in [0.717, 1.165) is 14.5 Å². The van der Waals surface area contributed by atoms with Gasteiger partial charge in [-0.3, -0.25) is 4.79 Å². The van der Waals surface area contributed by atoms with Crippen LogP contribution in [-0.2, 0) is 0 Å². The highest BCUT2D eigenvalue weighted by atomic mass is 79.9. The second-order valence-electron chi connectivity index (χ2n) is 6.42. The molecule has 0 unspecified atom stereocenters. The van der Waals surface area contributed by atoms with Crippen molar-refractivity contribution in [1.82, 2.24) is 0 Å². The first-order valence-electron chi connectivity index (χ1n) is 8.74. The summed E-state index contributed by atoms with van der Waals surface area (Å²) in [5.41, 5.74) is 2.31. The summed E-state index contributed by atoms with van der Waals surface area (Å²) >= 11 is 6.80. The lowest BCUT2D eigenvalue weighted by Crippen LogP contribution is -2.09. The van der Waals surface area contributed by atoms with Crippen LogP contribution in [0.1, 0.15) is 31.8 Å². The molecule has 1 aliphatic rings. The molecule has 0 bridgehead atoms. The Hall–Kier alpha value is -2.70. The third-order valence-electron chi connectivity index (χ3n) is 4.51. The molecule has 1 aliphatic heterocycles. The third-order valence-corrected chi connectivity index (χ3v) is 5.76. The molecule has 0 N–H and O–H groups in total. The van der Waals surface area contributed by atoms with Crippen molar-refractivity contribution in [3.63, 3.8) is 0 Å². The molecule has 0 aromatic heterocycles. The van der Waals surface area contributed by atoms with Crippen molar-refractivity contribution in [3.05, 3.63) is 97.6 Å². The van der Waals surface area contributed by atoms with Crippen LogP contribution in [0.2, 0.25) is 0 Å². The van der Waals surface area contributed by atoms with Crippen molar-refractivity contribution in [2.75, 3.05) is 0 Å². The van der Waals surface area contributed by atoms with Crippen LogP contribution < -0.4 is 9.47 Å². The molecule has 0 spiro atoms. The number of halogens is 2. The van der Waals surface area contributed by atoms with E-state index in [0.29, 0.717) is 28.2 Å². The highest BCUT2D eigenvalue weighted by Crippen LogP contribution is 2.39. The quantitative estimate of drug-likeness (QED) is 0.232. The molecular formula is C23H14Br2O4. The number of carbonyl (C=O) groups is 2. The fraction of sp³-hybridized carbons (Fsp3) is 0.0435. The SMILES string of the molecule is Cc1c(OC(=O)c2ccc(Br)cc2)ccc2c1O/C(=C\c1ccccc1Br)C2=O. The van der Waals surface area contributed by atoms with Crippen LogP contribution in [0.15, 0.2) is 75.4 Å². The molecule has 144 valence electrons. The van der Waals surface area contributed by atoms with Gasteiger partial charge >= 0.3 is 5.97 Å². The number of esters is 1. The zero-order valence-electron chi connectivity index (χ0n) is 15.2. The van der Waals surface area contributed by atoms with Crippen LogP contribution in [0, 0.1) is 6.92 Å². The van der Waals surface area contributed by atoms with Gasteiger partial charge in [0.2, 0.25) is 5.78 Å². The van der Waals surface area contributed by atoms with Gasteiger partial charge in [-0.2, -0.15) is 0 Å². The lowest BCUT2D eigenvalue weighted by molar-refractivity contribution is 0.0733. The Morgan fingerprint density at radius 1 is 1.00 bits per heavy atom. The molecular weight excluding hydrogens is 500 g/mol. The second kappa shape index (κ2) is 7.97. The van der Waals surface area contributed by atoms with Gasteiger partial charge in [-0.05, 0) is 61.0 Å². The Morgan fingerprint density at radius 3 is 2.45 bits per heavy atom. The average molecular weight is 514 g/mol. The first kappa shape index (κ1) is 19.6. The summed E-state index contributed by atoms with van der Waals surface area (Å²) in [5.74, 6) is 0.311. The number of ketones is 1. The Bertz CT molecular complexity index is 1160. The van der Waals surface area contributed by atoms with Crippen molar-refractivity contribution in [2.45, 2.75) is 6.92 Å². The van der Waals surface area contributed by atoms with Crippen molar-refractivity contribution in [2.24, 2.45) is 0 Å². The van der Waals surface area contributed by atoms with Crippen LogP contribution in [0.25, 0.3) is 6.08 Å². The number of hydrogen-bond donors (Lipinski definition) is 0. The predicted octanol–water partition coefficient (Wildman–Crippen LogP) is 6.36. The van der Waals surface area contributed by atoms with E-state index in [1.54, 1.807) is 49.4 Å². The summed E-state index contributed by atoms with van der Waals surface area (Å²) in [4.78, 5) is 25.2. The summed E-state index contributed by atoms with van der Waals surface area (Å²) in [7, 11) is 0. The molecule has 0 aliphatic carbocycles. The third kappa shape index (κ3) is 3.91. The van der Waals surface area contributed by atoms with E-state index in [-0.39, 0.29) is 11.5 Å². The molecule has 0 saturated heterocycles. The molecule has 0 fully saturated rings. The largest absolute Gasteiger partial charge is 0.452 e. The summed E-state index contributed by atoms with van der Waals surface area (Å²) in [6.07, 6.45) is 1.69.